The molecule has 0 aliphatic carbocycles. The number of rotatable bonds is 6. The Balaban J connectivity index is 1.64. The molecular weight excluding hydrogens is 426 g/mol. The number of thioether (sulfide) groups is 1. The molecular formula is C20H22ClN5O3S. The van der Waals surface area contributed by atoms with E-state index in [2.05, 4.69) is 26.3 Å². The van der Waals surface area contributed by atoms with Gasteiger partial charge in [0.1, 0.15) is 23.4 Å². The summed E-state index contributed by atoms with van der Waals surface area (Å²) in [5.74, 6) is 0.371. The zero-order valence-electron chi connectivity index (χ0n) is 16.5. The molecule has 2 aromatic heterocycles. The lowest BCUT2D eigenvalue weighted by atomic mass is 10.1. The number of benzene rings is 1. The number of aryl methyl sites for hydroxylation is 1. The summed E-state index contributed by atoms with van der Waals surface area (Å²) in [6.07, 6.45) is -0.466. The van der Waals surface area contributed by atoms with Gasteiger partial charge in [-0.2, -0.15) is 9.97 Å². The molecule has 0 amide bonds. The third-order valence-electron chi connectivity index (χ3n) is 5.11. The van der Waals surface area contributed by atoms with Crippen LogP contribution in [0.1, 0.15) is 29.8 Å². The van der Waals surface area contributed by atoms with E-state index >= 15 is 0 Å². The van der Waals surface area contributed by atoms with Crippen LogP contribution in [-0.4, -0.2) is 53.0 Å². The highest BCUT2D eigenvalue weighted by molar-refractivity contribution is 8.01. The smallest absolute Gasteiger partial charge is 0.226 e. The van der Waals surface area contributed by atoms with Crippen LogP contribution in [0.5, 0.6) is 0 Å². The minimum atomic E-state index is -1.15. The second-order valence-corrected chi connectivity index (χ2v) is 8.86. The lowest BCUT2D eigenvalue weighted by Crippen LogP contribution is -2.35. The Kier molecular flexibility index (Phi) is 5.97. The number of aliphatic hydroxyl groups is 2. The van der Waals surface area contributed by atoms with Crippen LogP contribution in [0.4, 0.5) is 5.82 Å². The predicted octanol–water partition coefficient (Wildman–Crippen LogP) is 2.72. The van der Waals surface area contributed by atoms with Crippen LogP contribution >= 0.6 is 23.4 Å². The molecule has 1 saturated heterocycles. The molecule has 4 atom stereocenters. The first kappa shape index (κ1) is 21.0. The maximum Gasteiger partial charge on any atom is 0.226 e. The number of aliphatic hydroxyl groups excluding tert-OH is 2. The van der Waals surface area contributed by atoms with Gasteiger partial charge in [-0.15, -0.1) is 11.8 Å². The molecule has 30 heavy (non-hydrogen) atoms. The highest BCUT2D eigenvalue weighted by Gasteiger charge is 2.46. The van der Waals surface area contributed by atoms with Crippen LogP contribution in [0.3, 0.4) is 0 Å². The van der Waals surface area contributed by atoms with E-state index in [1.807, 2.05) is 25.1 Å². The van der Waals surface area contributed by atoms with Gasteiger partial charge in [0, 0.05) is 13.0 Å². The third kappa shape index (κ3) is 3.90. The minimum absolute atomic E-state index is 0.0372. The topological polar surface area (TPSA) is 113 Å². The number of nitrogens with one attached hydrogen (secondary N) is 1. The standard InChI is InChI=1S/C20H22ClN5O3S/c1-3-12(27)16-14(28)15(29)19(30-16)26-9-23-13-17(24-20(21)25-18(13)26)22-8-11-6-4-5-10(2)7-11/h4-7,9,14-16,19,28-29H,3,8H2,1-2H3,(H,22,24,25)/t14?,15-,16+,19+/m0/s1. The van der Waals surface area contributed by atoms with Gasteiger partial charge in [-0.1, -0.05) is 36.8 Å². The average Bonchev–Trinajstić information content (AvgIpc) is 3.27. The van der Waals surface area contributed by atoms with E-state index in [1.165, 1.54) is 18.1 Å². The number of anilines is 1. The number of Topliss-reactive ketones (excluding diaryl/α,β-unsaturated/α-hetero) is 1. The van der Waals surface area contributed by atoms with Crippen LogP contribution < -0.4 is 5.32 Å². The maximum absolute atomic E-state index is 12.1. The molecule has 1 aromatic carbocycles. The predicted molar refractivity (Wildman–Crippen MR) is 117 cm³/mol. The second-order valence-electron chi connectivity index (χ2n) is 7.26. The average molecular weight is 448 g/mol. The largest absolute Gasteiger partial charge is 0.389 e. The zero-order valence-corrected chi connectivity index (χ0v) is 18.1. The number of ketones is 1. The van der Waals surface area contributed by atoms with Gasteiger partial charge >= 0.3 is 0 Å². The van der Waals surface area contributed by atoms with E-state index in [1.54, 1.807) is 11.5 Å². The zero-order chi connectivity index (χ0) is 21.4. The first-order valence-electron chi connectivity index (χ1n) is 9.62. The van der Waals surface area contributed by atoms with Gasteiger partial charge < -0.3 is 15.5 Å². The maximum atomic E-state index is 12.1. The minimum Gasteiger partial charge on any atom is -0.389 e. The highest BCUT2D eigenvalue weighted by Crippen LogP contribution is 2.44. The van der Waals surface area contributed by atoms with Crippen LogP contribution in [0, 0.1) is 6.92 Å². The number of imidazole rings is 1. The van der Waals surface area contributed by atoms with E-state index in [9.17, 15) is 15.0 Å². The molecule has 4 rings (SSSR count). The number of aromatic nitrogens is 4. The van der Waals surface area contributed by atoms with Crippen molar-refractivity contribution in [2.75, 3.05) is 5.32 Å². The summed E-state index contributed by atoms with van der Waals surface area (Å²) < 4.78 is 1.64. The number of hydrogen-bond donors (Lipinski definition) is 3. The number of carbonyl (C=O) groups excluding carboxylic acids is 1. The molecule has 10 heteroatoms. The first-order chi connectivity index (χ1) is 14.4. The normalized spacial score (nSPS) is 23.8. The molecule has 1 unspecified atom stereocenters. The van der Waals surface area contributed by atoms with Crippen molar-refractivity contribution in [3.8, 4) is 0 Å². The van der Waals surface area contributed by atoms with Crippen molar-refractivity contribution in [3.05, 3.63) is 47.0 Å². The van der Waals surface area contributed by atoms with Crippen LogP contribution in [-0.2, 0) is 11.3 Å². The Morgan fingerprint density at radius 3 is 2.83 bits per heavy atom. The van der Waals surface area contributed by atoms with Gasteiger partial charge in [0.2, 0.25) is 5.28 Å². The molecule has 3 heterocycles. The van der Waals surface area contributed by atoms with Gasteiger partial charge in [0.05, 0.1) is 11.6 Å². The van der Waals surface area contributed by atoms with E-state index in [0.717, 1.165) is 11.1 Å². The molecule has 0 bridgehead atoms. The van der Waals surface area contributed by atoms with Gasteiger partial charge in [-0.25, -0.2) is 4.98 Å². The summed E-state index contributed by atoms with van der Waals surface area (Å²) in [4.78, 5) is 25.1. The Hall–Kier alpha value is -2.20. The molecule has 1 aliphatic heterocycles. The fourth-order valence-corrected chi connectivity index (χ4v) is 5.28. The summed E-state index contributed by atoms with van der Waals surface area (Å²) in [5, 5.41) is 22.9. The fraction of sp³-hybridized carbons (Fsp3) is 0.400. The molecule has 158 valence electrons. The highest BCUT2D eigenvalue weighted by atomic mass is 35.5. The Bertz CT molecular complexity index is 1090. The van der Waals surface area contributed by atoms with Crippen molar-refractivity contribution in [2.24, 2.45) is 0 Å². The Morgan fingerprint density at radius 2 is 2.10 bits per heavy atom. The van der Waals surface area contributed by atoms with Crippen LogP contribution in [0.2, 0.25) is 5.28 Å². The van der Waals surface area contributed by atoms with E-state index in [-0.39, 0.29) is 11.1 Å². The van der Waals surface area contributed by atoms with Crippen molar-refractivity contribution in [2.45, 2.75) is 49.6 Å². The molecule has 0 radical (unpaired) electrons. The molecule has 0 saturated carbocycles. The van der Waals surface area contributed by atoms with Gasteiger partial charge in [0.15, 0.2) is 17.0 Å². The lowest BCUT2D eigenvalue weighted by molar-refractivity contribution is -0.121. The van der Waals surface area contributed by atoms with Gasteiger partial charge in [-0.3, -0.25) is 9.36 Å². The number of carbonyl (C=O) groups is 1. The molecule has 1 fully saturated rings. The Morgan fingerprint density at radius 1 is 1.30 bits per heavy atom. The lowest BCUT2D eigenvalue weighted by Gasteiger charge is -2.17. The molecule has 3 N–H and O–H groups in total. The number of halogens is 1. The summed E-state index contributed by atoms with van der Waals surface area (Å²) in [6, 6.07) is 8.10. The van der Waals surface area contributed by atoms with Crippen molar-refractivity contribution in [1.29, 1.82) is 0 Å². The van der Waals surface area contributed by atoms with Crippen molar-refractivity contribution < 1.29 is 15.0 Å². The van der Waals surface area contributed by atoms with E-state index in [0.29, 0.717) is 29.9 Å². The quantitative estimate of drug-likeness (QED) is 0.494. The van der Waals surface area contributed by atoms with Crippen molar-refractivity contribution in [1.82, 2.24) is 19.5 Å². The fourth-order valence-electron chi connectivity index (χ4n) is 3.56. The van der Waals surface area contributed by atoms with Crippen LogP contribution in [0.25, 0.3) is 11.2 Å². The molecule has 0 spiro atoms. The second kappa shape index (κ2) is 8.50. The summed E-state index contributed by atoms with van der Waals surface area (Å²) in [7, 11) is 0. The summed E-state index contributed by atoms with van der Waals surface area (Å²) in [6.45, 7) is 4.30. The number of fused-ring (bicyclic) bond motifs is 1. The molecule has 3 aromatic rings. The van der Waals surface area contributed by atoms with Gasteiger partial charge in [0.25, 0.3) is 0 Å². The van der Waals surface area contributed by atoms with Crippen molar-refractivity contribution in [3.63, 3.8) is 0 Å². The molecule has 8 nitrogen and oxygen atoms in total. The summed E-state index contributed by atoms with van der Waals surface area (Å²) in [5.41, 5.74) is 3.17. The monoisotopic (exact) mass is 447 g/mol. The Labute approximate surface area is 182 Å². The SMILES string of the molecule is CCC(=O)[C@H]1S[C@@H](n2cnc3c(NCc4cccc(C)c4)nc(Cl)nc32)[C@@H](O)C1O. The van der Waals surface area contributed by atoms with E-state index in [4.69, 9.17) is 11.6 Å². The summed E-state index contributed by atoms with van der Waals surface area (Å²) >= 11 is 7.36. The number of hydrogen-bond acceptors (Lipinski definition) is 8. The van der Waals surface area contributed by atoms with Crippen molar-refractivity contribution >= 4 is 46.1 Å². The number of nitrogens with zero attached hydrogens (tertiary/aromatic N) is 4. The first-order valence-corrected chi connectivity index (χ1v) is 10.9. The molecule has 1 aliphatic rings. The third-order valence-corrected chi connectivity index (χ3v) is 6.90. The van der Waals surface area contributed by atoms with Gasteiger partial charge in [-0.05, 0) is 24.1 Å². The van der Waals surface area contributed by atoms with E-state index < -0.39 is 22.8 Å². The van der Waals surface area contributed by atoms with Crippen LogP contribution in [0.15, 0.2) is 30.6 Å².